The fourth-order valence-corrected chi connectivity index (χ4v) is 18.3. The molecule has 772 valence electrons. The van der Waals surface area contributed by atoms with E-state index in [-0.39, 0.29) is 64.3 Å². The lowest BCUT2D eigenvalue weighted by atomic mass is 9.95. The Kier molecular flexibility index (Phi) is 31.8. The van der Waals surface area contributed by atoms with Crippen molar-refractivity contribution in [2.75, 3.05) is 72.0 Å². The molecule has 34 heteroatoms. The summed E-state index contributed by atoms with van der Waals surface area (Å²) in [6.45, 7) is 32.0. The molecule has 0 aliphatic carbocycles. The van der Waals surface area contributed by atoms with Gasteiger partial charge in [0.05, 0.1) is 75.4 Å². The molecule has 15 aromatic rings. The normalized spacial score (nSPS) is 16.0. The number of aromatic nitrogens is 14. The quantitative estimate of drug-likeness (QED) is 0.0713. The molecule has 0 unspecified atom stereocenters. The maximum Gasteiger partial charge on any atom is 0.270 e. The molecule has 1 aromatic carbocycles. The van der Waals surface area contributed by atoms with Gasteiger partial charge in [-0.2, -0.15) is 0 Å². The molecule has 14 aromatic heterocycles. The number of hydrogen-bond acceptors (Lipinski definition) is 17. The summed E-state index contributed by atoms with van der Waals surface area (Å²) in [7, 11) is 0. The van der Waals surface area contributed by atoms with Crippen LogP contribution < -0.4 is 16.0 Å². The van der Waals surface area contributed by atoms with E-state index in [4.69, 9.17) is 0 Å². The Hall–Kier alpha value is -15.3. The van der Waals surface area contributed by atoms with Crippen LogP contribution >= 0.6 is 0 Å². The number of nitrogens with one attached hydrogen (secondary N) is 3. The third-order valence-corrected chi connectivity index (χ3v) is 27.7. The van der Waals surface area contributed by atoms with Crippen molar-refractivity contribution in [3.05, 3.63) is 276 Å². The predicted octanol–water partition coefficient (Wildman–Crippen LogP) is 20.0. The lowest BCUT2D eigenvalue weighted by Gasteiger charge is -2.34. The molecule has 19 heterocycles. The molecule has 5 aliphatic rings. The minimum Gasteiger partial charge on any atom is -0.350 e. The Bertz CT molecular complexity index is 7290. The van der Waals surface area contributed by atoms with E-state index in [1.54, 1.807) is 121 Å². The number of nitrogens with zero attached hydrogens (tertiary/aromatic N) is 19. The molecule has 5 saturated heterocycles. The second-order valence-electron chi connectivity index (χ2n) is 42.4. The summed E-state index contributed by atoms with van der Waals surface area (Å²) in [5, 5.41) is 13.1. The van der Waals surface area contributed by atoms with E-state index in [9.17, 15) is 55.9 Å². The van der Waals surface area contributed by atoms with Gasteiger partial charge in [0.1, 0.15) is 68.0 Å². The van der Waals surface area contributed by atoms with Gasteiger partial charge in [0.15, 0.2) is 0 Å². The van der Waals surface area contributed by atoms with Gasteiger partial charge < -0.3 is 45.0 Å². The van der Waals surface area contributed by atoms with Gasteiger partial charge >= 0.3 is 0 Å². The van der Waals surface area contributed by atoms with Crippen LogP contribution in [0.3, 0.4) is 0 Å². The van der Waals surface area contributed by atoms with Crippen LogP contribution in [-0.2, 0) is 0 Å². The van der Waals surface area contributed by atoms with Crippen LogP contribution in [0.4, 0.5) is 17.6 Å². The van der Waals surface area contributed by atoms with Crippen molar-refractivity contribution < 1.29 is 55.9 Å². The maximum absolute atomic E-state index is 14.1. The summed E-state index contributed by atoms with van der Waals surface area (Å²) in [5.41, 5.74) is 8.87. The highest BCUT2D eigenvalue weighted by Gasteiger charge is 2.37. The van der Waals surface area contributed by atoms with E-state index in [2.05, 4.69) is 117 Å². The number of benzene rings is 1. The highest BCUT2D eigenvalue weighted by atomic mass is 19.2. The summed E-state index contributed by atoms with van der Waals surface area (Å²) >= 11 is 0. The lowest BCUT2D eigenvalue weighted by Crippen LogP contribution is -2.43. The number of likely N-dealkylation sites (tertiary alicyclic amines) is 5. The predicted molar refractivity (Wildman–Crippen MR) is 565 cm³/mol. The topological polar surface area (TPSA) is 330 Å². The van der Waals surface area contributed by atoms with Gasteiger partial charge in [-0.05, 0) is 273 Å². The van der Waals surface area contributed by atoms with Crippen molar-refractivity contribution in [3.63, 3.8) is 0 Å². The minimum absolute atomic E-state index is 0.00655. The Morgan fingerprint density at radius 1 is 0.324 bits per heavy atom. The molecule has 5 fully saturated rings. The number of hydrogen-bond donors (Lipinski definition) is 3. The molecule has 30 nitrogen and oxygen atoms in total. The molecule has 0 spiro atoms. The summed E-state index contributed by atoms with van der Waals surface area (Å²) < 4.78 is 65.7. The van der Waals surface area contributed by atoms with E-state index < -0.39 is 22.7 Å². The Morgan fingerprint density at radius 3 is 0.865 bits per heavy atom. The second kappa shape index (κ2) is 44.6. The number of alkyl halides is 4. The zero-order valence-electron chi connectivity index (χ0n) is 86.6. The number of rotatable bonds is 17. The van der Waals surface area contributed by atoms with Crippen molar-refractivity contribution in [3.8, 4) is 28.4 Å². The molecule has 3 N–H and O–H groups in total. The highest BCUT2D eigenvalue weighted by molar-refractivity contribution is 6.02. The van der Waals surface area contributed by atoms with Crippen LogP contribution in [0.1, 0.15) is 261 Å². The highest BCUT2D eigenvalue weighted by Crippen LogP contribution is 2.35. The number of fused-ring (bicyclic) bond motifs is 5. The maximum atomic E-state index is 14.1. The molecule has 20 rings (SSSR count). The zero-order valence-corrected chi connectivity index (χ0v) is 86.6. The van der Waals surface area contributed by atoms with Gasteiger partial charge in [-0.1, -0.05) is 52.3 Å². The number of carbonyl (C=O) groups is 8. The Labute approximate surface area is 858 Å². The third kappa shape index (κ3) is 25.9. The zero-order chi connectivity index (χ0) is 105. The van der Waals surface area contributed by atoms with Crippen LogP contribution in [0.15, 0.2) is 220 Å². The first-order valence-corrected chi connectivity index (χ1v) is 50.9. The average molecular weight is 2010 g/mol. The smallest absolute Gasteiger partial charge is 0.270 e. The van der Waals surface area contributed by atoms with Crippen molar-refractivity contribution in [1.29, 1.82) is 0 Å². The monoisotopic (exact) mass is 2010 g/mol. The Morgan fingerprint density at radius 2 is 0.595 bits per heavy atom. The molecule has 148 heavy (non-hydrogen) atoms. The number of halogens is 4. The summed E-state index contributed by atoms with van der Waals surface area (Å²) in [4.78, 5) is 149. The number of pyridine rings is 9. The van der Waals surface area contributed by atoms with Crippen LogP contribution in [0.2, 0.25) is 0 Å². The lowest BCUT2D eigenvalue weighted by molar-refractivity contribution is 0.0493. The SMILES string of the molecule is CC(C)(C)CNC(=O)c1ccc(-n2ccc3cc(C(=O)N4CCC(C)(F)CC4)cnc32)cn1.CC1(F)CCN(C(=O)c2cnc3c(ccn3-c3ccc(C(=O)NC(C)(C)C)nc3)c2)CC1.CCC(CC)NC(=O)c1ccc(-n2ccc3cc(C(=O)N4CCC(C)(F)CC4)cnc32)cn1.Cc1ccc(-n2ccc3cc(C(=O)N4CCC(C)(F)CC4)cnc32)cn1.Cc1ccc(-n2ccc3cc(C(=O)N4CCCCC4)cnc32)cc1. The van der Waals surface area contributed by atoms with Gasteiger partial charge in [-0.15, -0.1) is 0 Å². The molecule has 5 aliphatic heterocycles. The molecule has 8 amide bonds. The van der Waals surface area contributed by atoms with E-state index in [0.29, 0.717) is 172 Å². The second-order valence-corrected chi connectivity index (χ2v) is 42.4. The first kappa shape index (κ1) is 106. The first-order chi connectivity index (χ1) is 70.5. The van der Waals surface area contributed by atoms with E-state index in [1.807, 2.05) is 187 Å². The number of carbonyl (C=O) groups excluding carboxylic acids is 8. The van der Waals surface area contributed by atoms with Crippen molar-refractivity contribution in [2.24, 2.45) is 5.41 Å². The first-order valence-electron chi connectivity index (χ1n) is 50.9. The summed E-state index contributed by atoms with van der Waals surface area (Å²) in [6.07, 6.45) is 32.2. The largest absolute Gasteiger partial charge is 0.350 e. The summed E-state index contributed by atoms with van der Waals surface area (Å²) in [5.74, 6) is -0.971. The number of amides is 8. The van der Waals surface area contributed by atoms with Crippen LogP contribution in [0.5, 0.6) is 0 Å². The van der Waals surface area contributed by atoms with Crippen molar-refractivity contribution in [2.45, 2.75) is 215 Å². The average Bonchev–Trinajstić information content (AvgIpc) is 1.68. The fraction of sp³-hybridized carbons (Fsp3) is 0.395. The Balaban J connectivity index is 0.000000133. The van der Waals surface area contributed by atoms with E-state index >= 15 is 0 Å². The van der Waals surface area contributed by atoms with Crippen molar-refractivity contribution in [1.82, 2.24) is 108 Å². The molecule has 0 radical (unpaired) electrons. The van der Waals surface area contributed by atoms with Gasteiger partial charge in [-0.25, -0.2) is 57.4 Å². The van der Waals surface area contributed by atoms with Crippen LogP contribution in [0.25, 0.3) is 83.6 Å². The van der Waals surface area contributed by atoms with Crippen molar-refractivity contribution >= 4 is 102 Å². The molecular weight excluding hydrogens is 1880 g/mol. The van der Waals surface area contributed by atoms with Gasteiger partial charge in [0.2, 0.25) is 0 Å². The summed E-state index contributed by atoms with van der Waals surface area (Å²) in [6, 6.07) is 41.8. The van der Waals surface area contributed by atoms with Gasteiger partial charge in [0.25, 0.3) is 47.3 Å². The number of aryl methyl sites for hydroxylation is 2. The molecule has 0 atom stereocenters. The van der Waals surface area contributed by atoms with Crippen LogP contribution in [0, 0.1) is 19.3 Å². The standard InChI is InChI=1S/2C25H30FN5O2.C24H28FN5O2.C20H21FN4O.C20H21N3O/c1-24(2,3)16-29-22(32)20-6-5-19(15-27-20)31-10-7-17-13-18(14-28-21(17)31)23(33)30-11-8-25(4,26)9-12-30;1-4-19(5-2)29-23(32)21-7-6-20(16-27-21)31-11-8-17-14-18(15-28-22(17)31)24(33)30-12-9-25(3,26)10-13-30;1-23(2,3)28-21(31)19-6-5-18(15-26-19)30-10-7-16-13-17(14-27-20(16)30)22(32)29-11-8-24(4,25)9-12-29;1-14-3-4-17(13-22-14)25-8-5-15-11-16(12-23-18(15)25)19(26)24-9-6-20(2,21)7-10-24;1-15-5-7-18(8-6-15)23-12-9-16-13-17(14-21-19(16)23)20(24)22-10-3-2-4-11-22/h5-7,10,13-15H,8-9,11-12,16H2,1-4H3,(H,29,32);6-8,11,14-16,19H,4-5,9-10,12-13H2,1-3H3,(H,29,32);5-7,10,13-15H,8-9,11-12H2,1-4H3,(H,28,31);3-5,8,11-13H,6-7,9-10H2,1-2H3;5-9,12-14H,2-4,10-11H2,1H3. The molecule has 0 bridgehead atoms. The fourth-order valence-electron chi connectivity index (χ4n) is 18.3. The van der Waals surface area contributed by atoms with Gasteiger partial charge in [0, 0.05) is 184 Å². The molecule has 0 saturated carbocycles. The van der Waals surface area contributed by atoms with Gasteiger partial charge in [-0.3, -0.25) is 61.6 Å². The third-order valence-electron chi connectivity index (χ3n) is 27.7. The minimum atomic E-state index is -1.20. The number of piperidine rings is 5. The van der Waals surface area contributed by atoms with E-state index in [0.717, 1.165) is 111 Å². The molecular formula is C114H130F4N22O8. The van der Waals surface area contributed by atoms with E-state index in [1.165, 1.54) is 12.0 Å². The van der Waals surface area contributed by atoms with Crippen LogP contribution in [-0.4, -0.2) is 246 Å².